The number of likely N-dealkylation sites (tertiary alicyclic amines) is 1. The molecule has 1 N–H and O–H groups in total. The summed E-state index contributed by atoms with van der Waals surface area (Å²) >= 11 is 13.7. The first-order valence-corrected chi connectivity index (χ1v) is 15.0. The van der Waals surface area contributed by atoms with Gasteiger partial charge < -0.3 is 24.2 Å². The van der Waals surface area contributed by atoms with Gasteiger partial charge in [-0.3, -0.25) is 4.68 Å². The van der Waals surface area contributed by atoms with E-state index in [1.54, 1.807) is 30.1 Å². The predicted octanol–water partition coefficient (Wildman–Crippen LogP) is 5.30. The number of amides is 1. The number of carbonyl (C=O) groups excluding carboxylic acids is 1. The lowest BCUT2D eigenvalue weighted by Gasteiger charge is -2.22. The monoisotopic (exact) mass is 626 g/mol. The number of rotatable bonds is 6. The molecule has 2 saturated heterocycles. The van der Waals surface area contributed by atoms with Gasteiger partial charge >= 0.3 is 12.1 Å². The van der Waals surface area contributed by atoms with Crippen molar-refractivity contribution in [2.75, 3.05) is 37.7 Å². The third-order valence-corrected chi connectivity index (χ3v) is 9.52. The summed E-state index contributed by atoms with van der Waals surface area (Å²) in [5.41, 5.74) is 4.08. The zero-order valence-electron chi connectivity index (χ0n) is 23.3. The summed E-state index contributed by atoms with van der Waals surface area (Å²) in [4.78, 5) is 32.8. The highest BCUT2D eigenvalue weighted by Crippen LogP contribution is 2.41. The van der Waals surface area contributed by atoms with Crippen LogP contribution in [0.1, 0.15) is 24.4 Å². The Bertz CT molecular complexity index is 1730. The second-order valence-corrected chi connectivity index (χ2v) is 12.2. The fraction of sp³-hybridized carbons (Fsp3) is 0.400. The van der Waals surface area contributed by atoms with Gasteiger partial charge in [-0.25, -0.2) is 19.0 Å². The molecule has 43 heavy (non-hydrogen) atoms. The van der Waals surface area contributed by atoms with Gasteiger partial charge in [0.2, 0.25) is 0 Å². The highest BCUT2D eigenvalue weighted by Gasteiger charge is 2.42. The second-order valence-electron chi connectivity index (χ2n) is 11.4. The van der Waals surface area contributed by atoms with Gasteiger partial charge in [0.15, 0.2) is 6.04 Å². The summed E-state index contributed by atoms with van der Waals surface area (Å²) in [6.45, 7) is 4.87. The highest BCUT2D eigenvalue weighted by atomic mass is 35.5. The number of nitrogens with zero attached hydrogens (tertiary/aromatic N) is 6. The van der Waals surface area contributed by atoms with Gasteiger partial charge in [-0.15, -0.1) is 0 Å². The van der Waals surface area contributed by atoms with E-state index in [1.165, 1.54) is 9.58 Å². The van der Waals surface area contributed by atoms with Crippen LogP contribution in [-0.4, -0.2) is 80.4 Å². The lowest BCUT2D eigenvalue weighted by Crippen LogP contribution is -2.32. The van der Waals surface area contributed by atoms with E-state index >= 15 is 0 Å². The van der Waals surface area contributed by atoms with Crippen LogP contribution in [0.2, 0.25) is 10.0 Å². The van der Waals surface area contributed by atoms with Crippen molar-refractivity contribution in [3.63, 3.8) is 0 Å². The van der Waals surface area contributed by atoms with Crippen molar-refractivity contribution in [1.29, 1.82) is 0 Å². The van der Waals surface area contributed by atoms with Crippen LogP contribution < -0.4 is 4.90 Å². The molecule has 224 valence electrons. The molecule has 7 rings (SSSR count). The molecule has 4 aromatic rings. The van der Waals surface area contributed by atoms with Gasteiger partial charge in [0.25, 0.3) is 0 Å². The van der Waals surface area contributed by atoms with Crippen LogP contribution >= 0.6 is 23.2 Å². The van der Waals surface area contributed by atoms with Crippen molar-refractivity contribution in [2.45, 2.75) is 32.1 Å². The number of alkyl halides is 1. The Kier molecular flexibility index (Phi) is 6.97. The largest absolute Gasteiger partial charge is 0.465 e. The van der Waals surface area contributed by atoms with E-state index in [9.17, 15) is 19.1 Å². The smallest absolute Gasteiger partial charge is 0.407 e. The Morgan fingerprint density at radius 1 is 1.12 bits per heavy atom. The quantitative estimate of drug-likeness (QED) is 0.290. The molecule has 13 heteroatoms. The molecule has 2 aromatic heterocycles. The molecule has 2 fully saturated rings. The number of imidazole rings is 1. The molecule has 2 unspecified atom stereocenters. The summed E-state index contributed by atoms with van der Waals surface area (Å²) in [6, 6.07) is 8.80. The van der Waals surface area contributed by atoms with Crippen LogP contribution in [0.4, 0.5) is 14.9 Å². The summed E-state index contributed by atoms with van der Waals surface area (Å²) in [5, 5.41) is 15.4. The average Bonchev–Trinajstić information content (AvgIpc) is 3.78. The van der Waals surface area contributed by atoms with Gasteiger partial charge in [0.1, 0.15) is 11.7 Å². The number of fused-ring (bicyclic) bond motifs is 3. The van der Waals surface area contributed by atoms with Crippen LogP contribution in [0.25, 0.3) is 22.0 Å². The number of hydrogen-bond donors (Lipinski definition) is 1. The fourth-order valence-corrected chi connectivity index (χ4v) is 7.31. The minimum absolute atomic E-state index is 0.160. The SMILES string of the molecule is CCOC(=O)C(c1ncn2c1CC(F)C2)n1cc2c(Cl)cc(-c3ccc(N4C[C@H]5CN(C(=O)O)C[C@H]5C4)cc3)c(Cl)c2n1. The molecule has 0 saturated carbocycles. The minimum atomic E-state index is -1.04. The van der Waals surface area contributed by atoms with E-state index in [4.69, 9.17) is 33.0 Å². The molecule has 0 bridgehead atoms. The summed E-state index contributed by atoms with van der Waals surface area (Å²) in [5.74, 6) is 0.118. The number of halogens is 3. The number of ether oxygens (including phenoxy) is 1. The Hall–Kier alpha value is -3.83. The Morgan fingerprint density at radius 2 is 1.84 bits per heavy atom. The molecule has 5 heterocycles. The number of aromatic nitrogens is 4. The van der Waals surface area contributed by atoms with Crippen molar-refractivity contribution >= 4 is 51.9 Å². The maximum Gasteiger partial charge on any atom is 0.407 e. The molecular weight excluding hydrogens is 598 g/mol. The summed E-state index contributed by atoms with van der Waals surface area (Å²) < 4.78 is 22.7. The first-order chi connectivity index (χ1) is 20.7. The molecule has 1 amide bonds. The first-order valence-electron chi connectivity index (χ1n) is 14.3. The molecule has 4 atom stereocenters. The van der Waals surface area contributed by atoms with E-state index in [0.717, 1.165) is 24.3 Å². The Labute approximate surface area is 256 Å². The standard InChI is InChI=1S/C30H29Cl2FN6O4/c1-2-43-29(40)28(27-24-7-19(33)13-38(24)15-34-27)39-14-22-23(31)8-21(25(32)26(22)35-39)16-3-5-20(6-4-16)36-9-17-11-37(30(41)42)12-18(17)10-36/h3-6,8,14-15,17-19,28H,2,7,9-13H2,1H3,(H,41,42)/t17-,18+,19?,28?. The molecular formula is C30H29Cl2FN6O4. The third kappa shape index (κ3) is 4.78. The van der Waals surface area contributed by atoms with E-state index in [0.29, 0.717) is 62.8 Å². The Morgan fingerprint density at radius 3 is 2.51 bits per heavy atom. The van der Waals surface area contributed by atoms with E-state index in [1.807, 2.05) is 24.3 Å². The topological polar surface area (TPSA) is 106 Å². The van der Waals surface area contributed by atoms with Gasteiger partial charge in [-0.05, 0) is 30.7 Å². The fourth-order valence-electron chi connectivity index (χ4n) is 6.76. The van der Waals surface area contributed by atoms with Crippen molar-refractivity contribution in [3.8, 4) is 11.1 Å². The normalized spacial score (nSPS) is 21.8. The van der Waals surface area contributed by atoms with Crippen LogP contribution in [0.3, 0.4) is 0 Å². The Balaban J connectivity index is 1.19. The molecule has 0 aliphatic carbocycles. The first kappa shape index (κ1) is 28.0. The van der Waals surface area contributed by atoms with Gasteiger partial charge in [0.05, 0.1) is 35.2 Å². The predicted molar refractivity (Wildman–Crippen MR) is 160 cm³/mol. The van der Waals surface area contributed by atoms with Gasteiger partial charge in [-0.1, -0.05) is 35.3 Å². The number of carboxylic acid groups (broad SMARTS) is 1. The molecule has 0 spiro atoms. The van der Waals surface area contributed by atoms with Crippen molar-refractivity contribution in [1.82, 2.24) is 24.2 Å². The maximum atomic E-state index is 14.2. The summed E-state index contributed by atoms with van der Waals surface area (Å²) in [6.07, 6.45) is 1.47. The van der Waals surface area contributed by atoms with Crippen LogP contribution in [0.5, 0.6) is 0 Å². The molecule has 0 radical (unpaired) electrons. The van der Waals surface area contributed by atoms with Gasteiger partial charge in [-0.2, -0.15) is 5.10 Å². The lowest BCUT2D eigenvalue weighted by molar-refractivity contribution is -0.146. The lowest BCUT2D eigenvalue weighted by atomic mass is 10.0. The van der Waals surface area contributed by atoms with E-state index in [2.05, 4.69) is 9.88 Å². The van der Waals surface area contributed by atoms with E-state index in [-0.39, 0.29) is 19.6 Å². The van der Waals surface area contributed by atoms with Crippen molar-refractivity contribution < 1.29 is 23.8 Å². The number of benzene rings is 2. The minimum Gasteiger partial charge on any atom is -0.465 e. The van der Waals surface area contributed by atoms with E-state index < -0.39 is 24.3 Å². The molecule has 3 aliphatic heterocycles. The van der Waals surface area contributed by atoms with Crippen LogP contribution in [-0.2, 0) is 22.5 Å². The zero-order valence-corrected chi connectivity index (χ0v) is 24.8. The molecule has 3 aliphatic rings. The summed E-state index contributed by atoms with van der Waals surface area (Å²) in [7, 11) is 0. The van der Waals surface area contributed by atoms with Gasteiger partial charge in [0, 0.05) is 73.0 Å². The van der Waals surface area contributed by atoms with Crippen LogP contribution in [0.15, 0.2) is 42.9 Å². The van der Waals surface area contributed by atoms with Crippen molar-refractivity contribution in [3.05, 3.63) is 64.3 Å². The third-order valence-electron chi connectivity index (χ3n) is 8.83. The maximum absolute atomic E-state index is 14.2. The number of hydrogen-bond acceptors (Lipinski definition) is 6. The number of esters is 1. The second kappa shape index (κ2) is 10.7. The average molecular weight is 628 g/mol. The molecule has 10 nitrogen and oxygen atoms in total. The zero-order chi connectivity index (χ0) is 30.0. The van der Waals surface area contributed by atoms with Crippen LogP contribution in [0, 0.1) is 11.8 Å². The number of anilines is 1. The molecule has 2 aromatic carbocycles. The van der Waals surface area contributed by atoms with Crippen molar-refractivity contribution in [2.24, 2.45) is 11.8 Å². The number of carbonyl (C=O) groups is 2. The highest BCUT2D eigenvalue weighted by molar-refractivity contribution is 6.42.